The fraction of sp³-hybridized carbons (Fsp3) is 0.333. The number of hydrogen-bond acceptors (Lipinski definition) is 5. The predicted molar refractivity (Wildman–Crippen MR) is 102 cm³/mol. The monoisotopic (exact) mass is 385 g/mol. The maximum absolute atomic E-state index is 12.4. The highest BCUT2D eigenvalue weighted by Crippen LogP contribution is 2.24. The van der Waals surface area contributed by atoms with E-state index in [1.165, 1.54) is 0 Å². The second kappa shape index (κ2) is 9.23. The molecule has 1 amide bonds. The number of carbonyl (C=O) groups is 2. The number of fused-ring (bicyclic) bond motifs is 1. The number of para-hydroxylation sites is 1. The van der Waals surface area contributed by atoms with E-state index >= 15 is 0 Å². The maximum atomic E-state index is 12.4. The molecular formula is C21H23NO6. The number of carboxylic acid groups (broad SMARTS) is 1. The van der Waals surface area contributed by atoms with Crippen molar-refractivity contribution in [2.24, 2.45) is 0 Å². The van der Waals surface area contributed by atoms with Gasteiger partial charge in [-0.3, -0.25) is 4.79 Å². The molecular weight excluding hydrogens is 362 g/mol. The van der Waals surface area contributed by atoms with Crippen LogP contribution >= 0.6 is 0 Å². The van der Waals surface area contributed by atoms with Gasteiger partial charge in [0.25, 0.3) is 5.91 Å². The van der Waals surface area contributed by atoms with Crippen LogP contribution in [0.2, 0.25) is 0 Å². The Bertz CT molecular complexity index is 820. The topological polar surface area (TPSA) is 85.3 Å². The molecule has 0 saturated heterocycles. The van der Waals surface area contributed by atoms with Crippen LogP contribution < -0.4 is 9.47 Å². The zero-order valence-electron chi connectivity index (χ0n) is 15.7. The highest BCUT2D eigenvalue weighted by molar-refractivity contribution is 5.97. The first kappa shape index (κ1) is 19.7. The van der Waals surface area contributed by atoms with Crippen LogP contribution in [0.1, 0.15) is 22.8 Å². The first-order valence-electron chi connectivity index (χ1n) is 9.15. The summed E-state index contributed by atoms with van der Waals surface area (Å²) in [6.07, 6.45) is -0.563. The third-order valence-electron chi connectivity index (χ3n) is 4.40. The Morgan fingerprint density at radius 3 is 2.68 bits per heavy atom. The van der Waals surface area contributed by atoms with Crippen LogP contribution in [0, 0.1) is 0 Å². The van der Waals surface area contributed by atoms with Gasteiger partial charge in [-0.25, -0.2) is 4.79 Å². The largest absolute Gasteiger partial charge is 0.492 e. The number of amides is 1. The fourth-order valence-corrected chi connectivity index (χ4v) is 2.94. The van der Waals surface area contributed by atoms with E-state index in [1.54, 1.807) is 36.1 Å². The molecule has 1 N–H and O–H groups in total. The van der Waals surface area contributed by atoms with Crippen LogP contribution in [0.5, 0.6) is 11.5 Å². The molecule has 148 valence electrons. The molecule has 0 spiro atoms. The Balaban J connectivity index is 1.49. The van der Waals surface area contributed by atoms with Crippen LogP contribution in [-0.2, 0) is 16.0 Å². The van der Waals surface area contributed by atoms with E-state index in [0.29, 0.717) is 43.2 Å². The number of carboxylic acids is 1. The maximum Gasteiger partial charge on any atom is 0.333 e. The Morgan fingerprint density at radius 1 is 1.21 bits per heavy atom. The molecule has 0 aromatic heterocycles. The molecule has 28 heavy (non-hydrogen) atoms. The van der Waals surface area contributed by atoms with Crippen molar-refractivity contribution >= 4 is 11.9 Å². The van der Waals surface area contributed by atoms with Crippen LogP contribution in [0.4, 0.5) is 0 Å². The van der Waals surface area contributed by atoms with Crippen molar-refractivity contribution in [1.82, 2.24) is 4.90 Å². The number of aliphatic carboxylic acids is 1. The van der Waals surface area contributed by atoms with Gasteiger partial charge in [0, 0.05) is 13.0 Å². The lowest BCUT2D eigenvalue weighted by Gasteiger charge is -2.28. The third-order valence-corrected chi connectivity index (χ3v) is 4.40. The summed E-state index contributed by atoms with van der Waals surface area (Å²) in [5.41, 5.74) is 1.41. The summed E-state index contributed by atoms with van der Waals surface area (Å²) in [4.78, 5) is 25.2. The van der Waals surface area contributed by atoms with Gasteiger partial charge in [-0.1, -0.05) is 24.3 Å². The van der Waals surface area contributed by atoms with E-state index in [4.69, 9.17) is 19.3 Å². The first-order valence-corrected chi connectivity index (χ1v) is 9.15. The van der Waals surface area contributed by atoms with Gasteiger partial charge in [0.05, 0.1) is 12.1 Å². The summed E-state index contributed by atoms with van der Waals surface area (Å²) >= 11 is 0. The molecule has 1 heterocycles. The normalized spacial score (nSPS) is 14.2. The second-order valence-electron chi connectivity index (χ2n) is 6.32. The molecule has 3 rings (SSSR count). The fourth-order valence-electron chi connectivity index (χ4n) is 2.94. The van der Waals surface area contributed by atoms with Gasteiger partial charge < -0.3 is 24.2 Å². The first-order chi connectivity index (χ1) is 13.6. The quantitative estimate of drug-likeness (QED) is 0.714. The van der Waals surface area contributed by atoms with Gasteiger partial charge in [-0.2, -0.15) is 0 Å². The molecule has 1 atom stereocenters. The average molecular weight is 385 g/mol. The molecule has 1 aliphatic rings. The van der Waals surface area contributed by atoms with E-state index in [1.807, 2.05) is 24.3 Å². The summed E-state index contributed by atoms with van der Waals surface area (Å²) in [7, 11) is 0. The molecule has 1 aliphatic heterocycles. The predicted octanol–water partition coefficient (Wildman–Crippen LogP) is 2.59. The van der Waals surface area contributed by atoms with Crippen LogP contribution in [0.15, 0.2) is 48.5 Å². The van der Waals surface area contributed by atoms with Crippen molar-refractivity contribution in [3.05, 3.63) is 59.7 Å². The van der Waals surface area contributed by atoms with Crippen molar-refractivity contribution in [3.8, 4) is 11.5 Å². The number of nitrogens with zero attached hydrogens (tertiary/aromatic N) is 1. The minimum atomic E-state index is -0.975. The lowest BCUT2D eigenvalue weighted by molar-refractivity contribution is -0.149. The van der Waals surface area contributed by atoms with Crippen molar-refractivity contribution in [1.29, 1.82) is 0 Å². The molecule has 0 aliphatic carbocycles. The van der Waals surface area contributed by atoms with Crippen molar-refractivity contribution < 1.29 is 28.9 Å². The lowest BCUT2D eigenvalue weighted by atomic mass is 10.1. The van der Waals surface area contributed by atoms with Crippen molar-refractivity contribution in [2.45, 2.75) is 19.4 Å². The average Bonchev–Trinajstić information content (AvgIpc) is 2.70. The van der Waals surface area contributed by atoms with Crippen molar-refractivity contribution in [3.63, 3.8) is 0 Å². The Hall–Kier alpha value is -3.06. The molecule has 2 aromatic rings. The molecule has 0 bridgehead atoms. The highest BCUT2D eigenvalue weighted by atomic mass is 16.5. The molecule has 0 saturated carbocycles. The molecule has 7 nitrogen and oxygen atoms in total. The number of ether oxygens (including phenoxy) is 3. The zero-order chi connectivity index (χ0) is 19.9. The number of rotatable bonds is 9. The van der Waals surface area contributed by atoms with Crippen LogP contribution in [0.25, 0.3) is 0 Å². The van der Waals surface area contributed by atoms with Crippen LogP contribution in [0.3, 0.4) is 0 Å². The molecule has 0 radical (unpaired) electrons. The Kier molecular flexibility index (Phi) is 6.49. The number of benzene rings is 2. The van der Waals surface area contributed by atoms with Gasteiger partial charge in [0.2, 0.25) is 0 Å². The smallest absolute Gasteiger partial charge is 0.333 e. The minimum absolute atomic E-state index is 0.0727. The molecule has 0 unspecified atom stereocenters. The van der Waals surface area contributed by atoms with E-state index in [-0.39, 0.29) is 12.6 Å². The molecule has 2 aromatic carbocycles. The van der Waals surface area contributed by atoms with E-state index in [0.717, 1.165) is 5.56 Å². The van der Waals surface area contributed by atoms with Gasteiger partial charge in [-0.15, -0.1) is 0 Å². The summed E-state index contributed by atoms with van der Waals surface area (Å²) in [6, 6.07) is 14.4. The van der Waals surface area contributed by atoms with Gasteiger partial charge in [-0.05, 0) is 36.8 Å². The summed E-state index contributed by atoms with van der Waals surface area (Å²) in [5.74, 6) is 0.207. The van der Waals surface area contributed by atoms with E-state index in [2.05, 4.69) is 0 Å². The van der Waals surface area contributed by atoms with E-state index < -0.39 is 12.1 Å². The third kappa shape index (κ3) is 4.80. The highest BCUT2D eigenvalue weighted by Gasteiger charge is 2.24. The standard InChI is InChI=1S/C21H23NO6/c1-2-26-19(21(24)25)13-15-7-9-16(10-8-15)27-12-11-22-14-28-18-6-4-3-5-17(18)20(22)23/h3-10,19H,2,11-14H2,1H3,(H,24,25)/t19-/m1/s1. The minimum Gasteiger partial charge on any atom is -0.492 e. The zero-order valence-corrected chi connectivity index (χ0v) is 15.7. The number of hydrogen-bond donors (Lipinski definition) is 1. The molecule has 7 heteroatoms. The van der Waals surface area contributed by atoms with Gasteiger partial charge in [0.15, 0.2) is 12.8 Å². The van der Waals surface area contributed by atoms with E-state index in [9.17, 15) is 9.59 Å². The van der Waals surface area contributed by atoms with Gasteiger partial charge in [0.1, 0.15) is 18.1 Å². The summed E-state index contributed by atoms with van der Waals surface area (Å²) in [5, 5.41) is 9.15. The molecule has 0 fully saturated rings. The van der Waals surface area contributed by atoms with Gasteiger partial charge >= 0.3 is 5.97 Å². The lowest BCUT2D eigenvalue weighted by Crippen LogP contribution is -2.40. The Labute approximate surface area is 163 Å². The summed E-state index contributed by atoms with van der Waals surface area (Å²) in [6.45, 7) is 3.05. The SMILES string of the molecule is CCO[C@H](Cc1ccc(OCCN2COc3ccccc3C2=O)cc1)C(=O)O. The Morgan fingerprint density at radius 2 is 1.96 bits per heavy atom. The second-order valence-corrected chi connectivity index (χ2v) is 6.32. The summed E-state index contributed by atoms with van der Waals surface area (Å²) < 4.78 is 16.5. The van der Waals surface area contributed by atoms with Crippen molar-refractivity contribution in [2.75, 3.05) is 26.5 Å². The number of carbonyl (C=O) groups excluding carboxylic acids is 1. The van der Waals surface area contributed by atoms with Crippen LogP contribution in [-0.4, -0.2) is 54.5 Å².